The van der Waals surface area contributed by atoms with Crippen LogP contribution < -0.4 is 10.6 Å². The van der Waals surface area contributed by atoms with E-state index in [-0.39, 0.29) is 17.5 Å². The highest BCUT2D eigenvalue weighted by Crippen LogP contribution is 2.25. The Balaban J connectivity index is 1.74. The van der Waals surface area contributed by atoms with Crippen LogP contribution in [0.5, 0.6) is 0 Å². The summed E-state index contributed by atoms with van der Waals surface area (Å²) in [6.07, 6.45) is 2.21. The fourth-order valence-electron chi connectivity index (χ4n) is 2.47. The van der Waals surface area contributed by atoms with Gasteiger partial charge in [0.05, 0.1) is 11.5 Å². The zero-order chi connectivity index (χ0) is 16.4. The summed E-state index contributed by atoms with van der Waals surface area (Å²) in [5.41, 5.74) is 1.80. The van der Waals surface area contributed by atoms with Gasteiger partial charge in [-0.15, -0.1) is 0 Å². The van der Waals surface area contributed by atoms with Crippen LogP contribution in [0.15, 0.2) is 30.5 Å². The lowest BCUT2D eigenvalue weighted by molar-refractivity contribution is 0.602. The van der Waals surface area contributed by atoms with Gasteiger partial charge in [-0.05, 0) is 37.1 Å². The molecule has 1 unspecified atom stereocenters. The van der Waals surface area contributed by atoms with Crippen molar-refractivity contribution in [3.05, 3.63) is 41.0 Å². The molecule has 2 aromatic rings. The fourth-order valence-corrected chi connectivity index (χ4v) is 4.32. The first-order chi connectivity index (χ1) is 10.9. The first kappa shape index (κ1) is 16.0. The zero-order valence-electron chi connectivity index (χ0n) is 12.6. The average molecular weight is 353 g/mol. The number of halogens is 1. The van der Waals surface area contributed by atoms with Crippen LogP contribution >= 0.6 is 11.6 Å². The zero-order valence-corrected chi connectivity index (χ0v) is 14.2. The second kappa shape index (κ2) is 6.33. The molecule has 1 aromatic carbocycles. The molecule has 122 valence electrons. The number of aromatic nitrogens is 2. The molecular weight excluding hydrogens is 336 g/mol. The maximum absolute atomic E-state index is 11.5. The maximum atomic E-state index is 11.5. The Morgan fingerprint density at radius 2 is 2.13 bits per heavy atom. The van der Waals surface area contributed by atoms with Crippen molar-refractivity contribution < 1.29 is 8.42 Å². The monoisotopic (exact) mass is 352 g/mol. The van der Waals surface area contributed by atoms with E-state index < -0.39 is 9.84 Å². The van der Waals surface area contributed by atoms with Gasteiger partial charge >= 0.3 is 0 Å². The summed E-state index contributed by atoms with van der Waals surface area (Å²) in [6, 6.07) is 7.22. The molecule has 0 spiro atoms. The van der Waals surface area contributed by atoms with Crippen molar-refractivity contribution in [3.63, 3.8) is 0 Å². The first-order valence-electron chi connectivity index (χ1n) is 7.25. The topological polar surface area (TPSA) is 84.0 Å². The minimum Gasteiger partial charge on any atom is -0.350 e. The number of hydrogen-bond donors (Lipinski definition) is 2. The van der Waals surface area contributed by atoms with Gasteiger partial charge in [0.2, 0.25) is 5.95 Å². The number of sulfone groups is 1. The molecule has 0 aliphatic carbocycles. The molecule has 1 fully saturated rings. The van der Waals surface area contributed by atoms with Gasteiger partial charge in [-0.3, -0.25) is 0 Å². The number of anilines is 3. The maximum Gasteiger partial charge on any atom is 0.224 e. The number of hydrogen-bond acceptors (Lipinski definition) is 6. The third-order valence-corrected chi connectivity index (χ3v) is 5.93. The summed E-state index contributed by atoms with van der Waals surface area (Å²) in [5.74, 6) is 1.37. The predicted molar refractivity (Wildman–Crippen MR) is 92.2 cm³/mol. The number of nitrogens with zero attached hydrogens (tertiary/aromatic N) is 2. The van der Waals surface area contributed by atoms with Crippen LogP contribution in [0.1, 0.15) is 12.0 Å². The lowest BCUT2D eigenvalue weighted by atomic mass is 10.2. The molecule has 1 saturated heterocycles. The van der Waals surface area contributed by atoms with Crippen molar-refractivity contribution in [1.29, 1.82) is 0 Å². The molecule has 2 heterocycles. The Morgan fingerprint density at radius 3 is 2.87 bits per heavy atom. The first-order valence-corrected chi connectivity index (χ1v) is 9.45. The Bertz CT molecular complexity index is 826. The summed E-state index contributed by atoms with van der Waals surface area (Å²) < 4.78 is 23.0. The van der Waals surface area contributed by atoms with E-state index in [1.54, 1.807) is 12.3 Å². The molecule has 1 aliphatic rings. The molecule has 2 N–H and O–H groups in total. The molecule has 0 saturated carbocycles. The van der Waals surface area contributed by atoms with E-state index in [0.717, 1.165) is 11.3 Å². The standard InChI is InChI=1S/C15H17ClN4O2S/c1-10-12(16)3-2-4-13(10)19-14-5-7-17-15(20-14)18-11-6-8-23(21,22)9-11/h2-5,7,11H,6,8-9H2,1H3,(H2,17,18,19,20). The van der Waals surface area contributed by atoms with Crippen molar-refractivity contribution >= 4 is 38.9 Å². The Labute approximate surface area is 140 Å². The largest absolute Gasteiger partial charge is 0.350 e. The molecule has 1 aromatic heterocycles. The predicted octanol–water partition coefficient (Wildman–Crippen LogP) is 2.78. The lowest BCUT2D eigenvalue weighted by Gasteiger charge is -2.13. The number of nitrogens with one attached hydrogen (secondary N) is 2. The van der Waals surface area contributed by atoms with E-state index >= 15 is 0 Å². The summed E-state index contributed by atoms with van der Waals surface area (Å²) >= 11 is 6.11. The van der Waals surface area contributed by atoms with E-state index in [9.17, 15) is 8.42 Å². The van der Waals surface area contributed by atoms with Crippen LogP contribution in [0, 0.1) is 6.92 Å². The molecular formula is C15H17ClN4O2S. The Kier molecular flexibility index (Phi) is 4.41. The molecule has 0 radical (unpaired) electrons. The third kappa shape index (κ3) is 3.92. The van der Waals surface area contributed by atoms with Crippen molar-refractivity contribution in [1.82, 2.24) is 9.97 Å². The van der Waals surface area contributed by atoms with Gasteiger partial charge in [0, 0.05) is 22.9 Å². The van der Waals surface area contributed by atoms with E-state index in [4.69, 9.17) is 11.6 Å². The van der Waals surface area contributed by atoms with E-state index in [1.807, 2.05) is 25.1 Å². The highest BCUT2D eigenvalue weighted by Gasteiger charge is 2.28. The molecule has 0 bridgehead atoms. The highest BCUT2D eigenvalue weighted by molar-refractivity contribution is 7.91. The molecule has 0 amide bonds. The number of rotatable bonds is 4. The third-order valence-electron chi connectivity index (χ3n) is 3.75. The second-order valence-electron chi connectivity index (χ2n) is 5.55. The highest BCUT2D eigenvalue weighted by atomic mass is 35.5. The van der Waals surface area contributed by atoms with Crippen molar-refractivity contribution in [3.8, 4) is 0 Å². The van der Waals surface area contributed by atoms with Gasteiger partial charge in [-0.2, -0.15) is 4.98 Å². The molecule has 6 nitrogen and oxygen atoms in total. The summed E-state index contributed by atoms with van der Waals surface area (Å²) in [7, 11) is -2.93. The van der Waals surface area contributed by atoms with Crippen LogP contribution in [0.25, 0.3) is 0 Å². The minimum atomic E-state index is -2.93. The van der Waals surface area contributed by atoms with Gasteiger partial charge in [-0.25, -0.2) is 13.4 Å². The van der Waals surface area contributed by atoms with Gasteiger partial charge in [0.1, 0.15) is 5.82 Å². The van der Waals surface area contributed by atoms with Gasteiger partial charge in [-0.1, -0.05) is 17.7 Å². The normalized spacial score (nSPS) is 19.5. The van der Waals surface area contributed by atoms with Crippen molar-refractivity contribution in [2.75, 3.05) is 22.1 Å². The SMILES string of the molecule is Cc1c(Cl)cccc1Nc1ccnc(NC2CCS(=O)(=O)C2)n1. The fraction of sp³-hybridized carbons (Fsp3) is 0.333. The van der Waals surface area contributed by atoms with E-state index in [2.05, 4.69) is 20.6 Å². The summed E-state index contributed by atoms with van der Waals surface area (Å²) in [5, 5.41) is 6.96. The van der Waals surface area contributed by atoms with Crippen LogP contribution in [0.2, 0.25) is 5.02 Å². The van der Waals surface area contributed by atoms with Crippen LogP contribution in [-0.2, 0) is 9.84 Å². The lowest BCUT2D eigenvalue weighted by Crippen LogP contribution is -2.22. The molecule has 1 aliphatic heterocycles. The number of benzene rings is 1. The van der Waals surface area contributed by atoms with Gasteiger partial charge in [0.25, 0.3) is 0 Å². The summed E-state index contributed by atoms with van der Waals surface area (Å²) in [6.45, 7) is 1.93. The minimum absolute atomic E-state index is 0.126. The Hall–Kier alpha value is -1.86. The van der Waals surface area contributed by atoms with E-state index in [1.165, 1.54) is 0 Å². The quantitative estimate of drug-likeness (QED) is 0.880. The van der Waals surface area contributed by atoms with Gasteiger partial charge in [0.15, 0.2) is 9.84 Å². The van der Waals surface area contributed by atoms with E-state index in [0.29, 0.717) is 23.2 Å². The summed E-state index contributed by atoms with van der Waals surface area (Å²) in [4.78, 5) is 8.53. The molecule has 1 atom stereocenters. The van der Waals surface area contributed by atoms with Crippen molar-refractivity contribution in [2.45, 2.75) is 19.4 Å². The smallest absolute Gasteiger partial charge is 0.224 e. The Morgan fingerprint density at radius 1 is 1.30 bits per heavy atom. The van der Waals surface area contributed by atoms with Crippen LogP contribution in [-0.4, -0.2) is 35.9 Å². The van der Waals surface area contributed by atoms with Crippen LogP contribution in [0.3, 0.4) is 0 Å². The molecule has 3 rings (SSSR count). The molecule has 23 heavy (non-hydrogen) atoms. The van der Waals surface area contributed by atoms with Crippen molar-refractivity contribution in [2.24, 2.45) is 0 Å². The average Bonchev–Trinajstić information content (AvgIpc) is 2.83. The molecule has 8 heteroatoms. The van der Waals surface area contributed by atoms with Crippen LogP contribution in [0.4, 0.5) is 17.5 Å². The van der Waals surface area contributed by atoms with Gasteiger partial charge < -0.3 is 10.6 Å². The second-order valence-corrected chi connectivity index (χ2v) is 8.18.